The molecule has 4 heteroatoms. The van der Waals surface area contributed by atoms with Gasteiger partial charge >= 0.3 is 0 Å². The molecule has 2 aromatic rings. The van der Waals surface area contributed by atoms with Crippen molar-refractivity contribution in [3.8, 4) is 5.75 Å². The number of fused-ring (bicyclic) bond motifs is 1. The van der Waals surface area contributed by atoms with E-state index in [1.165, 1.54) is 32.1 Å². The molecule has 114 valence electrons. The van der Waals surface area contributed by atoms with Gasteiger partial charge in [0.25, 0.3) is 0 Å². The van der Waals surface area contributed by atoms with E-state index >= 15 is 0 Å². The van der Waals surface area contributed by atoms with Gasteiger partial charge in [-0.15, -0.1) is 11.6 Å². The van der Waals surface area contributed by atoms with Gasteiger partial charge in [0, 0.05) is 6.04 Å². The molecule has 1 saturated carbocycles. The highest BCUT2D eigenvalue weighted by Gasteiger charge is 2.26. The molecule has 0 bridgehead atoms. The Labute approximate surface area is 131 Å². The summed E-state index contributed by atoms with van der Waals surface area (Å²) in [6.45, 7) is 2.36. The quantitative estimate of drug-likeness (QED) is 0.594. The molecule has 0 radical (unpaired) electrons. The molecule has 1 fully saturated rings. The van der Waals surface area contributed by atoms with Crippen LogP contribution in [0.2, 0.25) is 0 Å². The number of nitrogens with zero attached hydrogens (tertiary/aromatic N) is 2. The van der Waals surface area contributed by atoms with Crippen LogP contribution in [0.3, 0.4) is 0 Å². The summed E-state index contributed by atoms with van der Waals surface area (Å²) < 4.78 is 7.84. The number of halogens is 1. The summed E-state index contributed by atoms with van der Waals surface area (Å²) in [6.07, 6.45) is 6.47. The van der Waals surface area contributed by atoms with Crippen LogP contribution in [0.25, 0.3) is 11.0 Å². The Morgan fingerprint density at radius 1 is 1.29 bits per heavy atom. The molecule has 1 aromatic carbocycles. The van der Waals surface area contributed by atoms with E-state index in [9.17, 15) is 0 Å². The van der Waals surface area contributed by atoms with Crippen LogP contribution in [0.5, 0.6) is 5.75 Å². The fraction of sp³-hybridized carbons (Fsp3) is 0.588. The van der Waals surface area contributed by atoms with E-state index in [4.69, 9.17) is 21.3 Å². The number of benzene rings is 1. The second-order valence-electron chi connectivity index (χ2n) is 6.04. The molecule has 0 spiro atoms. The van der Waals surface area contributed by atoms with Crippen molar-refractivity contribution in [2.45, 2.75) is 50.9 Å². The van der Waals surface area contributed by atoms with Crippen LogP contribution in [0.1, 0.15) is 50.9 Å². The Morgan fingerprint density at radius 3 is 2.86 bits per heavy atom. The third kappa shape index (κ3) is 2.64. The molecule has 1 aromatic heterocycles. The van der Waals surface area contributed by atoms with Crippen molar-refractivity contribution in [3.63, 3.8) is 0 Å². The van der Waals surface area contributed by atoms with E-state index in [2.05, 4.69) is 17.6 Å². The maximum Gasteiger partial charge on any atom is 0.146 e. The van der Waals surface area contributed by atoms with Crippen molar-refractivity contribution in [2.24, 2.45) is 5.92 Å². The fourth-order valence-electron chi connectivity index (χ4n) is 3.63. The first-order valence-electron chi connectivity index (χ1n) is 7.86. The van der Waals surface area contributed by atoms with Crippen LogP contribution in [0.15, 0.2) is 18.2 Å². The molecule has 0 saturated heterocycles. The average molecular weight is 307 g/mol. The lowest BCUT2D eigenvalue weighted by Gasteiger charge is -2.25. The lowest BCUT2D eigenvalue weighted by atomic mass is 9.96. The van der Waals surface area contributed by atoms with Crippen LogP contribution in [-0.4, -0.2) is 16.7 Å². The Hall–Kier alpha value is -1.22. The van der Waals surface area contributed by atoms with Crippen molar-refractivity contribution in [3.05, 3.63) is 24.0 Å². The maximum atomic E-state index is 6.18. The smallest absolute Gasteiger partial charge is 0.146 e. The lowest BCUT2D eigenvalue weighted by molar-refractivity contribution is 0.335. The zero-order valence-corrected chi connectivity index (χ0v) is 13.6. The van der Waals surface area contributed by atoms with Gasteiger partial charge in [0.1, 0.15) is 17.1 Å². The van der Waals surface area contributed by atoms with Crippen molar-refractivity contribution >= 4 is 22.6 Å². The summed E-state index contributed by atoms with van der Waals surface area (Å²) in [6, 6.07) is 6.64. The SMILES string of the molecule is COc1cccc2c1nc(CCl)n2C1CCCCCC1C. The molecule has 0 N–H and O–H groups in total. The summed E-state index contributed by atoms with van der Waals surface area (Å²) >= 11 is 6.18. The van der Waals surface area contributed by atoms with Crippen molar-refractivity contribution in [1.82, 2.24) is 9.55 Å². The second-order valence-corrected chi connectivity index (χ2v) is 6.31. The van der Waals surface area contributed by atoms with Crippen LogP contribution in [0.4, 0.5) is 0 Å². The van der Waals surface area contributed by atoms with Crippen LogP contribution < -0.4 is 4.74 Å². The lowest BCUT2D eigenvalue weighted by Crippen LogP contribution is -2.18. The van der Waals surface area contributed by atoms with Gasteiger partial charge < -0.3 is 9.30 Å². The van der Waals surface area contributed by atoms with E-state index in [1.54, 1.807) is 7.11 Å². The molecule has 1 aliphatic carbocycles. The monoisotopic (exact) mass is 306 g/mol. The molecular weight excluding hydrogens is 284 g/mol. The minimum atomic E-state index is 0.445. The molecule has 2 unspecified atom stereocenters. The van der Waals surface area contributed by atoms with Crippen molar-refractivity contribution < 1.29 is 4.74 Å². The summed E-state index contributed by atoms with van der Waals surface area (Å²) in [7, 11) is 1.70. The number of ether oxygens (including phenoxy) is 1. The summed E-state index contributed by atoms with van der Waals surface area (Å²) in [5.41, 5.74) is 2.09. The van der Waals surface area contributed by atoms with Crippen molar-refractivity contribution in [2.75, 3.05) is 7.11 Å². The molecule has 3 rings (SSSR count). The number of alkyl halides is 1. The number of hydrogen-bond donors (Lipinski definition) is 0. The molecule has 21 heavy (non-hydrogen) atoms. The zero-order chi connectivity index (χ0) is 14.8. The molecule has 1 heterocycles. The van der Waals surface area contributed by atoms with E-state index in [0.29, 0.717) is 17.8 Å². The average Bonchev–Trinajstić information content (AvgIpc) is 2.76. The van der Waals surface area contributed by atoms with Gasteiger partial charge in [-0.2, -0.15) is 0 Å². The van der Waals surface area contributed by atoms with Crippen LogP contribution in [-0.2, 0) is 5.88 Å². The first kappa shape index (κ1) is 14.7. The summed E-state index contributed by atoms with van der Waals surface area (Å²) in [4.78, 5) is 4.75. The fourth-order valence-corrected chi connectivity index (χ4v) is 3.81. The molecule has 2 atom stereocenters. The summed E-state index contributed by atoms with van der Waals surface area (Å²) in [5, 5.41) is 0. The molecule has 0 amide bonds. The number of imidazole rings is 1. The van der Waals surface area contributed by atoms with Gasteiger partial charge in [-0.1, -0.05) is 32.3 Å². The predicted octanol–water partition coefficient (Wildman–Crippen LogP) is 4.93. The number of aromatic nitrogens is 2. The Bertz CT molecular complexity index is 623. The largest absolute Gasteiger partial charge is 0.494 e. The molecule has 3 nitrogen and oxygen atoms in total. The highest BCUT2D eigenvalue weighted by molar-refractivity contribution is 6.16. The number of rotatable bonds is 3. The van der Waals surface area contributed by atoms with Gasteiger partial charge in [-0.05, 0) is 30.9 Å². The minimum absolute atomic E-state index is 0.445. The summed E-state index contributed by atoms with van der Waals surface area (Å²) in [5.74, 6) is 2.91. The van der Waals surface area contributed by atoms with Gasteiger partial charge in [0.2, 0.25) is 0 Å². The number of para-hydroxylation sites is 1. The van der Waals surface area contributed by atoms with Gasteiger partial charge in [-0.25, -0.2) is 4.98 Å². The standard InChI is InChI=1S/C17H23ClN2O/c1-12-7-4-3-5-8-13(12)20-14-9-6-10-15(21-2)17(14)19-16(20)11-18/h6,9-10,12-13H,3-5,7-8,11H2,1-2H3. The zero-order valence-electron chi connectivity index (χ0n) is 12.8. The predicted molar refractivity (Wildman–Crippen MR) is 87.1 cm³/mol. The van der Waals surface area contributed by atoms with E-state index < -0.39 is 0 Å². The molecule has 1 aliphatic rings. The van der Waals surface area contributed by atoms with Crippen LogP contribution in [0, 0.1) is 5.92 Å². The Balaban J connectivity index is 2.15. The second kappa shape index (κ2) is 6.27. The van der Waals surface area contributed by atoms with E-state index in [0.717, 1.165) is 22.6 Å². The van der Waals surface area contributed by atoms with Crippen molar-refractivity contribution in [1.29, 1.82) is 0 Å². The molecule has 0 aliphatic heterocycles. The van der Waals surface area contributed by atoms with Gasteiger partial charge in [0.05, 0.1) is 18.5 Å². The highest BCUT2D eigenvalue weighted by atomic mass is 35.5. The molecular formula is C17H23ClN2O. The third-order valence-electron chi connectivity index (χ3n) is 4.74. The normalized spacial score (nSPS) is 23.2. The number of methoxy groups -OCH3 is 1. The van der Waals surface area contributed by atoms with Crippen LogP contribution >= 0.6 is 11.6 Å². The van der Waals surface area contributed by atoms with Gasteiger partial charge in [-0.3, -0.25) is 0 Å². The first-order chi connectivity index (χ1) is 10.3. The minimum Gasteiger partial charge on any atom is -0.494 e. The van der Waals surface area contributed by atoms with E-state index in [-0.39, 0.29) is 0 Å². The van der Waals surface area contributed by atoms with Gasteiger partial charge in [0.15, 0.2) is 0 Å². The first-order valence-corrected chi connectivity index (χ1v) is 8.39. The Morgan fingerprint density at radius 2 is 2.10 bits per heavy atom. The maximum absolute atomic E-state index is 6.18. The third-order valence-corrected chi connectivity index (χ3v) is 4.98. The highest BCUT2D eigenvalue weighted by Crippen LogP contribution is 2.37. The topological polar surface area (TPSA) is 27.1 Å². The van der Waals surface area contributed by atoms with E-state index in [1.807, 2.05) is 12.1 Å². The Kier molecular flexibility index (Phi) is 4.39. The number of hydrogen-bond acceptors (Lipinski definition) is 2.